The summed E-state index contributed by atoms with van der Waals surface area (Å²) >= 11 is 0. The van der Waals surface area contributed by atoms with Gasteiger partial charge in [0.2, 0.25) is 10.0 Å². The predicted molar refractivity (Wildman–Crippen MR) is 71.6 cm³/mol. The molecule has 1 atom stereocenters. The zero-order valence-corrected chi connectivity index (χ0v) is 11.3. The molecule has 1 aliphatic heterocycles. The standard InChI is InChI=1S/C12H19N3O2S/c1-15-6-5-10(9-15)8-14-18(16,17)12-4-2-3-11(13)7-12/h2-4,7,10,14H,5-6,8-9,13H2,1H3. The number of hydrogen-bond donors (Lipinski definition) is 2. The first kappa shape index (κ1) is 13.3. The van der Waals surface area contributed by atoms with E-state index in [0.29, 0.717) is 18.2 Å². The van der Waals surface area contributed by atoms with Crippen LogP contribution in [0.4, 0.5) is 5.69 Å². The molecule has 5 nitrogen and oxygen atoms in total. The number of likely N-dealkylation sites (tertiary alicyclic amines) is 1. The topological polar surface area (TPSA) is 75.4 Å². The molecule has 0 aromatic heterocycles. The smallest absolute Gasteiger partial charge is 0.240 e. The van der Waals surface area contributed by atoms with Crippen LogP contribution in [0.25, 0.3) is 0 Å². The third kappa shape index (κ3) is 3.22. The lowest BCUT2D eigenvalue weighted by Crippen LogP contribution is -2.30. The molecule has 0 spiro atoms. The van der Waals surface area contributed by atoms with Gasteiger partial charge in [0, 0.05) is 18.8 Å². The van der Waals surface area contributed by atoms with Crippen molar-refractivity contribution in [1.29, 1.82) is 0 Å². The summed E-state index contributed by atoms with van der Waals surface area (Å²) in [7, 11) is -1.39. The predicted octanol–water partition coefficient (Wildman–Crippen LogP) is 0.499. The number of nitrogen functional groups attached to an aromatic ring is 1. The van der Waals surface area contributed by atoms with E-state index in [-0.39, 0.29) is 4.90 Å². The maximum Gasteiger partial charge on any atom is 0.240 e. The molecule has 18 heavy (non-hydrogen) atoms. The van der Waals surface area contributed by atoms with Crippen molar-refractivity contribution in [2.45, 2.75) is 11.3 Å². The molecule has 0 aliphatic carbocycles. The summed E-state index contributed by atoms with van der Waals surface area (Å²) < 4.78 is 26.7. The highest BCUT2D eigenvalue weighted by atomic mass is 32.2. The third-order valence-electron chi connectivity index (χ3n) is 3.22. The van der Waals surface area contributed by atoms with Crippen molar-refractivity contribution in [3.8, 4) is 0 Å². The van der Waals surface area contributed by atoms with Crippen molar-refractivity contribution in [2.75, 3.05) is 32.4 Å². The number of anilines is 1. The lowest BCUT2D eigenvalue weighted by Gasteiger charge is -2.12. The Bertz CT molecular complexity index is 516. The lowest BCUT2D eigenvalue weighted by atomic mass is 10.1. The Morgan fingerprint density at radius 1 is 1.50 bits per heavy atom. The molecule has 1 unspecified atom stereocenters. The number of sulfonamides is 1. The van der Waals surface area contributed by atoms with Gasteiger partial charge in [0.1, 0.15) is 0 Å². The maximum atomic E-state index is 12.0. The maximum absolute atomic E-state index is 12.0. The average molecular weight is 269 g/mol. The van der Waals surface area contributed by atoms with Crippen LogP contribution in [0.3, 0.4) is 0 Å². The van der Waals surface area contributed by atoms with Crippen LogP contribution in [-0.4, -0.2) is 40.0 Å². The van der Waals surface area contributed by atoms with Crippen LogP contribution in [0.2, 0.25) is 0 Å². The monoisotopic (exact) mass is 269 g/mol. The Kier molecular flexibility index (Phi) is 3.89. The van der Waals surface area contributed by atoms with E-state index < -0.39 is 10.0 Å². The summed E-state index contributed by atoms with van der Waals surface area (Å²) in [4.78, 5) is 2.44. The fourth-order valence-corrected chi connectivity index (χ4v) is 3.36. The molecule has 0 bridgehead atoms. The number of nitrogens with zero attached hydrogens (tertiary/aromatic N) is 1. The van der Waals surface area contributed by atoms with Crippen molar-refractivity contribution < 1.29 is 8.42 Å². The molecular formula is C12H19N3O2S. The van der Waals surface area contributed by atoms with Gasteiger partial charge < -0.3 is 10.6 Å². The van der Waals surface area contributed by atoms with Gasteiger partial charge in [-0.15, -0.1) is 0 Å². The fourth-order valence-electron chi connectivity index (χ4n) is 2.19. The second kappa shape index (κ2) is 5.26. The van der Waals surface area contributed by atoms with Crippen LogP contribution in [0.1, 0.15) is 6.42 Å². The van der Waals surface area contributed by atoms with Gasteiger partial charge in [0.15, 0.2) is 0 Å². The Morgan fingerprint density at radius 2 is 2.28 bits per heavy atom. The second-order valence-electron chi connectivity index (χ2n) is 4.84. The van der Waals surface area contributed by atoms with Crippen LogP contribution in [-0.2, 0) is 10.0 Å². The molecule has 0 radical (unpaired) electrons. The molecule has 1 aliphatic rings. The van der Waals surface area contributed by atoms with Crippen molar-refractivity contribution in [3.63, 3.8) is 0 Å². The molecule has 1 aromatic carbocycles. The molecule has 1 saturated heterocycles. The van der Waals surface area contributed by atoms with E-state index in [1.165, 1.54) is 6.07 Å². The van der Waals surface area contributed by atoms with Crippen LogP contribution < -0.4 is 10.5 Å². The van der Waals surface area contributed by atoms with E-state index in [9.17, 15) is 8.42 Å². The zero-order chi connectivity index (χ0) is 13.2. The van der Waals surface area contributed by atoms with Crippen LogP contribution >= 0.6 is 0 Å². The number of nitrogens with two attached hydrogens (primary N) is 1. The van der Waals surface area contributed by atoms with Gasteiger partial charge in [-0.3, -0.25) is 0 Å². The first-order chi connectivity index (χ1) is 8.47. The summed E-state index contributed by atoms with van der Waals surface area (Å²) in [6, 6.07) is 6.35. The highest BCUT2D eigenvalue weighted by molar-refractivity contribution is 7.89. The minimum absolute atomic E-state index is 0.230. The highest BCUT2D eigenvalue weighted by Gasteiger charge is 2.22. The van der Waals surface area contributed by atoms with Gasteiger partial charge in [0.25, 0.3) is 0 Å². The average Bonchev–Trinajstić information content (AvgIpc) is 2.73. The lowest BCUT2D eigenvalue weighted by molar-refractivity contribution is 0.394. The van der Waals surface area contributed by atoms with E-state index >= 15 is 0 Å². The molecule has 3 N–H and O–H groups in total. The third-order valence-corrected chi connectivity index (χ3v) is 4.64. The molecule has 6 heteroatoms. The molecule has 1 heterocycles. The molecule has 0 saturated carbocycles. The first-order valence-corrected chi connectivity index (χ1v) is 7.49. The zero-order valence-electron chi connectivity index (χ0n) is 10.5. The normalized spacial score (nSPS) is 21.3. The van der Waals surface area contributed by atoms with Crippen LogP contribution in [0, 0.1) is 5.92 Å². The summed E-state index contributed by atoms with van der Waals surface area (Å²) in [6.45, 7) is 2.46. The molecular weight excluding hydrogens is 250 g/mol. The number of benzene rings is 1. The van der Waals surface area contributed by atoms with Gasteiger partial charge in [0.05, 0.1) is 4.90 Å². The molecule has 100 valence electrons. The van der Waals surface area contributed by atoms with Crippen molar-refractivity contribution in [1.82, 2.24) is 9.62 Å². The van der Waals surface area contributed by atoms with Gasteiger partial charge in [-0.2, -0.15) is 0 Å². The molecule has 1 aromatic rings. The Labute approximate surface area is 108 Å². The Hall–Kier alpha value is -1.11. The second-order valence-corrected chi connectivity index (χ2v) is 6.61. The van der Waals surface area contributed by atoms with Gasteiger partial charge in [-0.25, -0.2) is 13.1 Å². The van der Waals surface area contributed by atoms with Gasteiger partial charge in [-0.05, 0) is 44.1 Å². The first-order valence-electron chi connectivity index (χ1n) is 6.01. The summed E-state index contributed by atoms with van der Waals surface area (Å²) in [6.07, 6.45) is 1.04. The SMILES string of the molecule is CN1CCC(CNS(=O)(=O)c2cccc(N)c2)C1. The largest absolute Gasteiger partial charge is 0.399 e. The highest BCUT2D eigenvalue weighted by Crippen LogP contribution is 2.16. The molecule has 1 fully saturated rings. The fraction of sp³-hybridized carbons (Fsp3) is 0.500. The van der Waals surface area contributed by atoms with Crippen molar-refractivity contribution in [3.05, 3.63) is 24.3 Å². The molecule has 0 amide bonds. The van der Waals surface area contributed by atoms with Crippen LogP contribution in [0.15, 0.2) is 29.2 Å². The summed E-state index contributed by atoms with van der Waals surface area (Å²) in [5.41, 5.74) is 6.05. The van der Waals surface area contributed by atoms with Gasteiger partial charge >= 0.3 is 0 Å². The number of rotatable bonds is 4. The summed E-state index contributed by atoms with van der Waals surface area (Å²) in [5.74, 6) is 0.394. The Morgan fingerprint density at radius 3 is 2.89 bits per heavy atom. The number of hydrogen-bond acceptors (Lipinski definition) is 4. The van der Waals surface area contributed by atoms with E-state index in [1.807, 2.05) is 7.05 Å². The number of nitrogens with one attached hydrogen (secondary N) is 1. The Balaban J connectivity index is 1.99. The van der Waals surface area contributed by atoms with E-state index in [0.717, 1.165) is 19.5 Å². The summed E-state index contributed by atoms with van der Waals surface area (Å²) in [5, 5.41) is 0. The van der Waals surface area contributed by atoms with Crippen molar-refractivity contribution >= 4 is 15.7 Å². The quantitative estimate of drug-likeness (QED) is 0.780. The van der Waals surface area contributed by atoms with Crippen LogP contribution in [0.5, 0.6) is 0 Å². The minimum atomic E-state index is -3.44. The van der Waals surface area contributed by atoms with E-state index in [2.05, 4.69) is 9.62 Å². The minimum Gasteiger partial charge on any atom is -0.399 e. The van der Waals surface area contributed by atoms with E-state index in [4.69, 9.17) is 5.73 Å². The van der Waals surface area contributed by atoms with E-state index in [1.54, 1.807) is 18.2 Å². The van der Waals surface area contributed by atoms with Crippen molar-refractivity contribution in [2.24, 2.45) is 5.92 Å². The van der Waals surface area contributed by atoms with Gasteiger partial charge in [-0.1, -0.05) is 6.07 Å². The molecule has 2 rings (SSSR count).